The first-order chi connectivity index (χ1) is 8.38. The molecule has 0 spiro atoms. The number of aryl methyl sites for hydroxylation is 1. The third kappa shape index (κ3) is 3.22. The molecule has 5 heteroatoms. The first-order valence-corrected chi connectivity index (χ1v) is 5.99. The predicted molar refractivity (Wildman–Crippen MR) is 60.4 cm³/mol. The quantitative estimate of drug-likeness (QED) is 0.825. The Hall–Kier alpha value is -1.10. The lowest BCUT2D eigenvalue weighted by Crippen LogP contribution is -2.23. The number of alkyl halides is 3. The second-order valence-electron chi connectivity index (χ2n) is 4.85. The second kappa shape index (κ2) is 4.88. The van der Waals surface area contributed by atoms with Crippen LogP contribution in [0.15, 0.2) is 18.2 Å². The van der Waals surface area contributed by atoms with Crippen LogP contribution < -0.4 is 5.73 Å². The third-order valence-electron chi connectivity index (χ3n) is 3.33. The maximum Gasteiger partial charge on any atom is 0.419 e. The lowest BCUT2D eigenvalue weighted by molar-refractivity contribution is -0.140. The van der Waals surface area contributed by atoms with E-state index in [2.05, 4.69) is 0 Å². The smallest absolute Gasteiger partial charge is 0.327 e. The van der Waals surface area contributed by atoms with Crippen molar-refractivity contribution in [3.05, 3.63) is 35.1 Å². The molecule has 0 saturated heterocycles. The normalized spacial score (nSPS) is 17.8. The van der Waals surface area contributed by atoms with E-state index in [-0.39, 0.29) is 6.04 Å². The Kier molecular flexibility index (Phi) is 3.61. The monoisotopic (exact) mass is 261 g/mol. The molecule has 0 bridgehead atoms. The highest BCUT2D eigenvalue weighted by atomic mass is 19.4. The van der Waals surface area contributed by atoms with Crippen LogP contribution in [0.1, 0.15) is 30.4 Å². The van der Waals surface area contributed by atoms with Gasteiger partial charge in [0.15, 0.2) is 0 Å². The van der Waals surface area contributed by atoms with E-state index < -0.39 is 17.6 Å². The van der Waals surface area contributed by atoms with Gasteiger partial charge in [0.2, 0.25) is 0 Å². The SMILES string of the molecule is NC(CCc1ccc(F)c(C(F)(F)F)c1)C1CC1. The van der Waals surface area contributed by atoms with Crippen molar-refractivity contribution >= 4 is 0 Å². The largest absolute Gasteiger partial charge is 0.419 e. The van der Waals surface area contributed by atoms with Crippen LogP contribution in [0.2, 0.25) is 0 Å². The van der Waals surface area contributed by atoms with Crippen molar-refractivity contribution in [1.29, 1.82) is 0 Å². The molecule has 2 N–H and O–H groups in total. The summed E-state index contributed by atoms with van der Waals surface area (Å²) in [6, 6.07) is 3.20. The van der Waals surface area contributed by atoms with Crippen molar-refractivity contribution in [2.75, 3.05) is 0 Å². The summed E-state index contributed by atoms with van der Waals surface area (Å²) in [4.78, 5) is 0. The highest BCUT2D eigenvalue weighted by molar-refractivity contribution is 5.27. The van der Waals surface area contributed by atoms with Crippen LogP contribution >= 0.6 is 0 Å². The fourth-order valence-electron chi connectivity index (χ4n) is 2.04. The molecule has 1 atom stereocenters. The van der Waals surface area contributed by atoms with Crippen molar-refractivity contribution in [2.45, 2.75) is 37.9 Å². The molecule has 1 aliphatic carbocycles. The van der Waals surface area contributed by atoms with Crippen molar-refractivity contribution in [3.8, 4) is 0 Å². The van der Waals surface area contributed by atoms with Crippen LogP contribution in [0.5, 0.6) is 0 Å². The molecule has 1 fully saturated rings. The Morgan fingerprint density at radius 2 is 1.94 bits per heavy atom. The van der Waals surface area contributed by atoms with Gasteiger partial charge in [0.05, 0.1) is 5.56 Å². The Bertz CT molecular complexity index is 423. The van der Waals surface area contributed by atoms with Gasteiger partial charge in [-0.2, -0.15) is 13.2 Å². The van der Waals surface area contributed by atoms with Gasteiger partial charge in [-0.3, -0.25) is 0 Å². The van der Waals surface area contributed by atoms with E-state index in [9.17, 15) is 17.6 Å². The number of hydrogen-bond donors (Lipinski definition) is 1. The lowest BCUT2D eigenvalue weighted by atomic mass is 10.0. The van der Waals surface area contributed by atoms with Crippen LogP contribution in [0, 0.1) is 11.7 Å². The number of rotatable bonds is 4. The van der Waals surface area contributed by atoms with Crippen LogP contribution in [-0.4, -0.2) is 6.04 Å². The zero-order chi connectivity index (χ0) is 13.3. The van der Waals surface area contributed by atoms with Crippen LogP contribution in [0.4, 0.5) is 17.6 Å². The fraction of sp³-hybridized carbons (Fsp3) is 0.538. The minimum absolute atomic E-state index is 0.0457. The van der Waals surface area contributed by atoms with E-state index in [1.54, 1.807) is 0 Å². The summed E-state index contributed by atoms with van der Waals surface area (Å²) in [5, 5.41) is 0. The van der Waals surface area contributed by atoms with Gasteiger partial charge in [0.25, 0.3) is 0 Å². The zero-order valence-electron chi connectivity index (χ0n) is 9.80. The average molecular weight is 261 g/mol. The Morgan fingerprint density at radius 1 is 1.28 bits per heavy atom. The summed E-state index contributed by atoms with van der Waals surface area (Å²) in [5.74, 6) is -0.703. The molecule has 1 unspecified atom stereocenters. The molecule has 0 aromatic heterocycles. The molecule has 1 nitrogen and oxygen atoms in total. The van der Waals surface area contributed by atoms with Gasteiger partial charge in [0, 0.05) is 6.04 Å². The number of hydrogen-bond acceptors (Lipinski definition) is 1. The van der Waals surface area contributed by atoms with Crippen LogP contribution in [0.3, 0.4) is 0 Å². The highest BCUT2D eigenvalue weighted by Gasteiger charge is 2.34. The maximum absolute atomic E-state index is 13.1. The van der Waals surface area contributed by atoms with E-state index in [0.29, 0.717) is 24.3 Å². The minimum Gasteiger partial charge on any atom is -0.327 e. The van der Waals surface area contributed by atoms with Gasteiger partial charge in [-0.1, -0.05) is 6.07 Å². The van der Waals surface area contributed by atoms with E-state index in [0.717, 1.165) is 25.0 Å². The number of benzene rings is 1. The van der Waals surface area contributed by atoms with Crippen LogP contribution in [0.25, 0.3) is 0 Å². The van der Waals surface area contributed by atoms with Crippen molar-refractivity contribution in [1.82, 2.24) is 0 Å². The molecular weight excluding hydrogens is 246 g/mol. The number of nitrogens with two attached hydrogens (primary N) is 1. The first-order valence-electron chi connectivity index (χ1n) is 5.99. The summed E-state index contributed by atoms with van der Waals surface area (Å²) < 4.78 is 50.6. The molecular formula is C13H15F4N. The maximum atomic E-state index is 13.1. The van der Waals surface area contributed by atoms with Crippen molar-refractivity contribution in [2.24, 2.45) is 11.7 Å². The van der Waals surface area contributed by atoms with Crippen molar-refractivity contribution < 1.29 is 17.6 Å². The first kappa shape index (κ1) is 13.3. The molecule has 100 valence electrons. The van der Waals surface area contributed by atoms with Gasteiger partial charge in [-0.15, -0.1) is 0 Å². The van der Waals surface area contributed by atoms with Gasteiger partial charge in [0.1, 0.15) is 5.82 Å². The minimum atomic E-state index is -4.64. The molecule has 0 amide bonds. The fourth-order valence-corrected chi connectivity index (χ4v) is 2.04. The molecule has 0 aliphatic heterocycles. The topological polar surface area (TPSA) is 26.0 Å². The molecule has 2 rings (SSSR count). The summed E-state index contributed by atoms with van der Waals surface area (Å²) >= 11 is 0. The van der Waals surface area contributed by atoms with Gasteiger partial charge < -0.3 is 5.73 Å². The number of halogens is 4. The molecule has 18 heavy (non-hydrogen) atoms. The summed E-state index contributed by atoms with van der Waals surface area (Å²) in [6.07, 6.45) is -1.32. The van der Waals surface area contributed by atoms with E-state index >= 15 is 0 Å². The van der Waals surface area contributed by atoms with Gasteiger partial charge in [-0.05, 0) is 49.3 Å². The average Bonchev–Trinajstić information content (AvgIpc) is 3.09. The van der Waals surface area contributed by atoms with E-state index in [4.69, 9.17) is 5.73 Å². The van der Waals surface area contributed by atoms with Gasteiger partial charge in [-0.25, -0.2) is 4.39 Å². The summed E-state index contributed by atoms with van der Waals surface area (Å²) in [5.41, 5.74) is 5.18. The zero-order valence-corrected chi connectivity index (χ0v) is 9.80. The standard InChI is InChI=1S/C13H15F4N/c14-11-5-1-8(7-10(11)13(15,16)17)2-6-12(18)9-3-4-9/h1,5,7,9,12H,2-4,6,18H2. The second-order valence-corrected chi connectivity index (χ2v) is 4.85. The summed E-state index contributed by atoms with van der Waals surface area (Å²) in [7, 11) is 0. The molecule has 1 aromatic carbocycles. The molecule has 1 aromatic rings. The molecule has 1 saturated carbocycles. The molecule has 0 radical (unpaired) electrons. The summed E-state index contributed by atoms with van der Waals surface area (Å²) in [6.45, 7) is 0. The van der Waals surface area contributed by atoms with Gasteiger partial charge >= 0.3 is 6.18 Å². The Morgan fingerprint density at radius 3 is 2.50 bits per heavy atom. The Labute approximate surface area is 103 Å². The Balaban J connectivity index is 2.04. The predicted octanol–water partition coefficient (Wildman–Crippen LogP) is 3.51. The van der Waals surface area contributed by atoms with Crippen molar-refractivity contribution in [3.63, 3.8) is 0 Å². The molecule has 1 aliphatic rings. The van der Waals surface area contributed by atoms with Crippen LogP contribution in [-0.2, 0) is 12.6 Å². The van der Waals surface area contributed by atoms with E-state index in [1.807, 2.05) is 0 Å². The molecule has 0 heterocycles. The van der Waals surface area contributed by atoms with E-state index in [1.165, 1.54) is 6.07 Å². The third-order valence-corrected chi connectivity index (χ3v) is 3.33. The lowest BCUT2D eigenvalue weighted by Gasteiger charge is -2.12. The highest BCUT2D eigenvalue weighted by Crippen LogP contribution is 2.34.